The third kappa shape index (κ3) is 3.89. The SMILES string of the molecule is COc1ccc([N+](=O)[O-])cc1NC(=O)[C@H](C)Sc1nnc2cc(C)c3ccccc3n12. The van der Waals surface area contributed by atoms with E-state index in [1.165, 1.54) is 37.1 Å². The first-order valence-corrected chi connectivity index (χ1v) is 10.3. The van der Waals surface area contributed by atoms with Crippen LogP contribution in [0.4, 0.5) is 11.4 Å². The standard InChI is InChI=1S/C21H19N5O4S/c1-12-10-19-23-24-21(25(19)17-7-5-4-6-15(12)17)31-13(2)20(27)22-16-11-14(26(28)29)8-9-18(16)30-3/h4-11,13H,1-3H3,(H,22,27)/t13-/m0/s1. The van der Waals surface area contributed by atoms with E-state index in [1.54, 1.807) is 6.92 Å². The molecule has 158 valence electrons. The molecule has 1 N–H and O–H groups in total. The summed E-state index contributed by atoms with van der Waals surface area (Å²) in [7, 11) is 1.43. The van der Waals surface area contributed by atoms with Crippen molar-refractivity contribution in [1.29, 1.82) is 0 Å². The number of nitrogens with zero attached hydrogens (tertiary/aromatic N) is 4. The van der Waals surface area contributed by atoms with Crippen molar-refractivity contribution in [2.45, 2.75) is 24.3 Å². The maximum atomic E-state index is 12.8. The molecule has 31 heavy (non-hydrogen) atoms. The minimum absolute atomic E-state index is 0.137. The average Bonchev–Trinajstić information content (AvgIpc) is 3.16. The summed E-state index contributed by atoms with van der Waals surface area (Å²) in [5, 5.41) is 23.4. The smallest absolute Gasteiger partial charge is 0.271 e. The van der Waals surface area contributed by atoms with Crippen molar-refractivity contribution in [1.82, 2.24) is 14.6 Å². The molecular weight excluding hydrogens is 418 g/mol. The molecule has 1 amide bonds. The molecule has 0 fully saturated rings. The Balaban J connectivity index is 1.62. The molecule has 2 aromatic carbocycles. The highest BCUT2D eigenvalue weighted by Crippen LogP contribution is 2.31. The first kappa shape index (κ1) is 20.6. The van der Waals surface area contributed by atoms with Gasteiger partial charge in [-0.3, -0.25) is 19.3 Å². The Morgan fingerprint density at radius 3 is 2.74 bits per heavy atom. The maximum Gasteiger partial charge on any atom is 0.271 e. The van der Waals surface area contributed by atoms with Crippen LogP contribution < -0.4 is 10.1 Å². The number of rotatable bonds is 6. The number of fused-ring (bicyclic) bond motifs is 3. The second kappa shape index (κ2) is 8.23. The number of para-hydroxylation sites is 1. The van der Waals surface area contributed by atoms with Gasteiger partial charge >= 0.3 is 0 Å². The van der Waals surface area contributed by atoms with E-state index in [2.05, 4.69) is 15.5 Å². The number of nitro groups is 1. The number of anilines is 1. The van der Waals surface area contributed by atoms with Gasteiger partial charge in [0.1, 0.15) is 5.75 Å². The first-order valence-electron chi connectivity index (χ1n) is 9.42. The number of non-ortho nitro benzene ring substituents is 1. The van der Waals surface area contributed by atoms with Gasteiger partial charge in [-0.2, -0.15) is 0 Å². The zero-order chi connectivity index (χ0) is 22.1. The number of pyridine rings is 1. The number of hydrogen-bond acceptors (Lipinski definition) is 7. The van der Waals surface area contributed by atoms with Crippen molar-refractivity contribution in [3.8, 4) is 5.75 Å². The van der Waals surface area contributed by atoms with Gasteiger partial charge in [-0.25, -0.2) is 0 Å². The van der Waals surface area contributed by atoms with Gasteiger partial charge in [0.25, 0.3) is 5.69 Å². The van der Waals surface area contributed by atoms with Crippen LogP contribution in [0.5, 0.6) is 5.75 Å². The molecule has 1 atom stereocenters. The van der Waals surface area contributed by atoms with E-state index >= 15 is 0 Å². The van der Waals surface area contributed by atoms with Crippen molar-refractivity contribution in [3.05, 3.63) is 64.2 Å². The third-order valence-electron chi connectivity index (χ3n) is 4.88. The van der Waals surface area contributed by atoms with Crippen LogP contribution in [-0.2, 0) is 4.79 Å². The lowest BCUT2D eigenvalue weighted by molar-refractivity contribution is -0.384. The number of methoxy groups -OCH3 is 1. The van der Waals surface area contributed by atoms with Gasteiger partial charge < -0.3 is 10.1 Å². The predicted molar refractivity (Wildman–Crippen MR) is 119 cm³/mol. The Morgan fingerprint density at radius 2 is 2.00 bits per heavy atom. The number of nitro benzene ring substituents is 1. The van der Waals surface area contributed by atoms with Crippen molar-refractivity contribution >= 4 is 45.6 Å². The Bertz CT molecular complexity index is 1320. The molecule has 0 saturated carbocycles. The predicted octanol–water partition coefficient (Wildman–Crippen LogP) is 4.23. The van der Waals surface area contributed by atoms with Crippen molar-refractivity contribution in [3.63, 3.8) is 0 Å². The number of thioether (sulfide) groups is 1. The van der Waals surface area contributed by atoms with Gasteiger partial charge in [0.05, 0.1) is 28.5 Å². The molecule has 0 aliphatic heterocycles. The summed E-state index contributed by atoms with van der Waals surface area (Å²) in [6, 6.07) is 13.9. The van der Waals surface area contributed by atoms with Crippen LogP contribution in [0.2, 0.25) is 0 Å². The highest BCUT2D eigenvalue weighted by Gasteiger charge is 2.21. The molecule has 2 aromatic heterocycles. The fourth-order valence-corrected chi connectivity index (χ4v) is 4.17. The van der Waals surface area contributed by atoms with E-state index < -0.39 is 10.2 Å². The number of nitrogens with one attached hydrogen (secondary N) is 1. The van der Waals surface area contributed by atoms with Gasteiger partial charge in [-0.05, 0) is 37.6 Å². The summed E-state index contributed by atoms with van der Waals surface area (Å²) < 4.78 is 7.13. The summed E-state index contributed by atoms with van der Waals surface area (Å²) >= 11 is 1.25. The van der Waals surface area contributed by atoms with Crippen LogP contribution in [0.3, 0.4) is 0 Å². The Labute approximate surface area is 181 Å². The van der Waals surface area contributed by atoms with Gasteiger partial charge in [0.15, 0.2) is 10.8 Å². The van der Waals surface area contributed by atoms with E-state index in [1.807, 2.05) is 41.7 Å². The molecule has 0 aliphatic carbocycles. The Hall–Kier alpha value is -3.66. The number of amides is 1. The zero-order valence-electron chi connectivity index (χ0n) is 17.0. The van der Waals surface area contributed by atoms with Crippen LogP contribution in [0.15, 0.2) is 53.7 Å². The monoisotopic (exact) mass is 437 g/mol. The molecule has 0 radical (unpaired) electrons. The minimum Gasteiger partial charge on any atom is -0.495 e. The van der Waals surface area contributed by atoms with Crippen molar-refractivity contribution in [2.24, 2.45) is 0 Å². The average molecular weight is 437 g/mol. The van der Waals surface area contributed by atoms with Gasteiger partial charge in [-0.15, -0.1) is 10.2 Å². The maximum absolute atomic E-state index is 12.8. The molecule has 0 spiro atoms. The normalized spacial score (nSPS) is 12.1. The lowest BCUT2D eigenvalue weighted by atomic mass is 10.1. The molecule has 10 heteroatoms. The fourth-order valence-electron chi connectivity index (χ4n) is 3.30. The summed E-state index contributed by atoms with van der Waals surface area (Å²) in [6.07, 6.45) is 0. The first-order chi connectivity index (χ1) is 14.9. The molecule has 0 aliphatic rings. The summed E-state index contributed by atoms with van der Waals surface area (Å²) in [4.78, 5) is 23.4. The molecule has 0 saturated heterocycles. The molecular formula is C21H19N5O4S. The van der Waals surface area contributed by atoms with E-state index in [0.29, 0.717) is 16.6 Å². The van der Waals surface area contributed by atoms with Crippen LogP contribution in [0, 0.1) is 17.0 Å². The zero-order valence-corrected chi connectivity index (χ0v) is 17.8. The van der Waals surface area contributed by atoms with E-state index in [9.17, 15) is 14.9 Å². The molecule has 0 unspecified atom stereocenters. The van der Waals surface area contributed by atoms with Crippen molar-refractivity contribution in [2.75, 3.05) is 12.4 Å². The minimum atomic E-state index is -0.545. The number of benzene rings is 2. The topological polar surface area (TPSA) is 112 Å². The number of carbonyl (C=O) groups is 1. The summed E-state index contributed by atoms with van der Waals surface area (Å²) in [5.74, 6) is 0.00233. The lowest BCUT2D eigenvalue weighted by Gasteiger charge is -2.14. The van der Waals surface area contributed by atoms with E-state index in [0.717, 1.165) is 16.5 Å². The van der Waals surface area contributed by atoms with Gasteiger partial charge in [0, 0.05) is 17.5 Å². The molecule has 2 heterocycles. The number of carbonyl (C=O) groups excluding carboxylic acids is 1. The second-order valence-electron chi connectivity index (χ2n) is 6.91. The lowest BCUT2D eigenvalue weighted by Crippen LogP contribution is -2.23. The largest absolute Gasteiger partial charge is 0.495 e. The number of hydrogen-bond donors (Lipinski definition) is 1. The molecule has 0 bridgehead atoms. The Kier molecular flexibility index (Phi) is 5.47. The quantitative estimate of drug-likeness (QED) is 0.273. The molecule has 9 nitrogen and oxygen atoms in total. The third-order valence-corrected chi connectivity index (χ3v) is 5.92. The van der Waals surface area contributed by atoms with Gasteiger partial charge in [0.2, 0.25) is 5.91 Å². The summed E-state index contributed by atoms with van der Waals surface area (Å²) in [6.45, 7) is 3.76. The van der Waals surface area contributed by atoms with Crippen LogP contribution >= 0.6 is 11.8 Å². The van der Waals surface area contributed by atoms with E-state index in [4.69, 9.17) is 4.74 Å². The number of ether oxygens (including phenoxy) is 1. The number of aryl methyl sites for hydroxylation is 1. The van der Waals surface area contributed by atoms with E-state index in [-0.39, 0.29) is 17.3 Å². The molecule has 4 rings (SSSR count). The van der Waals surface area contributed by atoms with Gasteiger partial charge in [-0.1, -0.05) is 30.0 Å². The highest BCUT2D eigenvalue weighted by molar-refractivity contribution is 8.00. The van der Waals surface area contributed by atoms with Crippen LogP contribution in [0.1, 0.15) is 12.5 Å². The Morgan fingerprint density at radius 1 is 1.23 bits per heavy atom. The van der Waals surface area contributed by atoms with Crippen LogP contribution in [0.25, 0.3) is 16.6 Å². The van der Waals surface area contributed by atoms with Crippen molar-refractivity contribution < 1.29 is 14.5 Å². The fraction of sp³-hybridized carbons (Fsp3) is 0.190. The van der Waals surface area contributed by atoms with Crippen LogP contribution in [-0.4, -0.2) is 37.8 Å². The second-order valence-corrected chi connectivity index (χ2v) is 8.22. The molecule has 4 aromatic rings. The summed E-state index contributed by atoms with van der Waals surface area (Å²) in [5.41, 5.74) is 2.85. The highest BCUT2D eigenvalue weighted by atomic mass is 32.2. The number of aromatic nitrogens is 3.